The molecule has 0 unspecified atom stereocenters. The Morgan fingerprint density at radius 2 is 2.15 bits per heavy atom. The third-order valence-electron chi connectivity index (χ3n) is 4.04. The van der Waals surface area contributed by atoms with Crippen LogP contribution in [0.25, 0.3) is 0 Å². The molecule has 2 aliphatic rings. The number of amides is 2. The average Bonchev–Trinajstić information content (AvgIpc) is 2.89. The Labute approximate surface area is 119 Å². The summed E-state index contributed by atoms with van der Waals surface area (Å²) in [4.78, 5) is 25.5. The van der Waals surface area contributed by atoms with Crippen molar-refractivity contribution in [3.8, 4) is 0 Å². The van der Waals surface area contributed by atoms with Crippen LogP contribution >= 0.6 is 0 Å². The van der Waals surface area contributed by atoms with Crippen LogP contribution < -0.4 is 5.32 Å². The van der Waals surface area contributed by atoms with Gasteiger partial charge in [0.25, 0.3) is 0 Å². The molecule has 2 atom stereocenters. The van der Waals surface area contributed by atoms with E-state index in [4.69, 9.17) is 0 Å². The summed E-state index contributed by atoms with van der Waals surface area (Å²) in [6.07, 6.45) is 0.872. The molecule has 2 heterocycles. The average molecular weight is 302 g/mol. The topological polar surface area (TPSA) is 83.6 Å². The van der Waals surface area contributed by atoms with Gasteiger partial charge in [0.05, 0.1) is 17.4 Å². The normalized spacial score (nSPS) is 29.1. The van der Waals surface area contributed by atoms with Crippen LogP contribution in [0.5, 0.6) is 0 Å². The van der Waals surface area contributed by atoms with Gasteiger partial charge in [-0.2, -0.15) is 0 Å². The summed E-state index contributed by atoms with van der Waals surface area (Å²) < 4.78 is 22.7. The highest BCUT2D eigenvalue weighted by Crippen LogP contribution is 2.21. The van der Waals surface area contributed by atoms with E-state index in [2.05, 4.69) is 5.32 Å². The zero-order valence-electron chi connectivity index (χ0n) is 12.0. The summed E-state index contributed by atoms with van der Waals surface area (Å²) in [6, 6.07) is 0.111. The number of hydrogen-bond acceptors (Lipinski definition) is 4. The molecule has 0 saturated carbocycles. The molecule has 1 N–H and O–H groups in total. The predicted molar refractivity (Wildman–Crippen MR) is 74.7 cm³/mol. The van der Waals surface area contributed by atoms with E-state index in [1.54, 1.807) is 4.90 Å². The van der Waals surface area contributed by atoms with E-state index in [-0.39, 0.29) is 47.6 Å². The second kappa shape index (κ2) is 5.71. The fraction of sp³-hybridized carbons (Fsp3) is 0.846. The zero-order valence-corrected chi connectivity index (χ0v) is 12.8. The van der Waals surface area contributed by atoms with Crippen LogP contribution in [0.15, 0.2) is 0 Å². The van der Waals surface area contributed by atoms with Gasteiger partial charge in [0.15, 0.2) is 9.84 Å². The van der Waals surface area contributed by atoms with Gasteiger partial charge in [-0.25, -0.2) is 8.42 Å². The molecule has 2 amide bonds. The molecule has 2 rings (SSSR count). The zero-order chi connectivity index (χ0) is 14.9. The van der Waals surface area contributed by atoms with Crippen LogP contribution in [0.1, 0.15) is 26.7 Å². The fourth-order valence-electron chi connectivity index (χ4n) is 2.83. The smallest absolute Gasteiger partial charge is 0.225 e. The summed E-state index contributed by atoms with van der Waals surface area (Å²) in [6.45, 7) is 4.72. The highest BCUT2D eigenvalue weighted by molar-refractivity contribution is 7.91. The molecule has 2 aliphatic heterocycles. The first-order valence-electron chi connectivity index (χ1n) is 7.06. The van der Waals surface area contributed by atoms with Crippen molar-refractivity contribution >= 4 is 21.7 Å². The van der Waals surface area contributed by atoms with Crippen molar-refractivity contribution in [1.29, 1.82) is 0 Å². The van der Waals surface area contributed by atoms with Crippen molar-refractivity contribution in [2.75, 3.05) is 24.6 Å². The molecular weight excluding hydrogens is 280 g/mol. The third kappa shape index (κ3) is 3.50. The molecule has 6 nitrogen and oxygen atoms in total. The Balaban J connectivity index is 1.80. The minimum Gasteiger partial charge on any atom is -0.355 e. The largest absolute Gasteiger partial charge is 0.355 e. The molecule has 2 fully saturated rings. The Hall–Kier alpha value is -1.11. The number of carbonyl (C=O) groups excluding carboxylic acids is 2. The SMILES string of the molecule is CC(C)N1C[C@H](C(=O)NC[C@@H]2CCS(=O)(=O)C2)CC1=O. The first kappa shape index (κ1) is 15.3. The lowest BCUT2D eigenvalue weighted by molar-refractivity contribution is -0.129. The van der Waals surface area contributed by atoms with Crippen molar-refractivity contribution < 1.29 is 18.0 Å². The molecule has 2 saturated heterocycles. The Bertz CT molecular complexity index is 501. The molecule has 0 spiro atoms. The minimum absolute atomic E-state index is 0.0160. The minimum atomic E-state index is -2.90. The van der Waals surface area contributed by atoms with Crippen molar-refractivity contribution in [2.45, 2.75) is 32.7 Å². The molecule has 0 aromatic rings. The monoisotopic (exact) mass is 302 g/mol. The van der Waals surface area contributed by atoms with Gasteiger partial charge in [-0.15, -0.1) is 0 Å². The van der Waals surface area contributed by atoms with Gasteiger partial charge in [0.2, 0.25) is 11.8 Å². The lowest BCUT2D eigenvalue weighted by Gasteiger charge is -2.20. The van der Waals surface area contributed by atoms with E-state index in [1.807, 2.05) is 13.8 Å². The van der Waals surface area contributed by atoms with E-state index in [0.717, 1.165) is 0 Å². The molecule has 0 aliphatic carbocycles. The van der Waals surface area contributed by atoms with E-state index in [1.165, 1.54) is 0 Å². The number of nitrogens with one attached hydrogen (secondary N) is 1. The van der Waals surface area contributed by atoms with Crippen LogP contribution in [0.3, 0.4) is 0 Å². The predicted octanol–water partition coefficient (Wildman–Crippen LogP) is -0.206. The van der Waals surface area contributed by atoms with Gasteiger partial charge in [-0.1, -0.05) is 0 Å². The number of sulfone groups is 1. The quantitative estimate of drug-likeness (QED) is 0.779. The second-order valence-corrected chi connectivity index (χ2v) is 8.28. The molecular formula is C13H22N2O4S. The Morgan fingerprint density at radius 3 is 2.65 bits per heavy atom. The van der Waals surface area contributed by atoms with Gasteiger partial charge >= 0.3 is 0 Å². The molecule has 0 aromatic carbocycles. The lowest BCUT2D eigenvalue weighted by atomic mass is 10.1. The lowest BCUT2D eigenvalue weighted by Crippen LogP contribution is -2.37. The van der Waals surface area contributed by atoms with E-state index in [0.29, 0.717) is 19.5 Å². The van der Waals surface area contributed by atoms with Gasteiger partial charge in [0, 0.05) is 25.6 Å². The highest BCUT2D eigenvalue weighted by atomic mass is 32.2. The third-order valence-corrected chi connectivity index (χ3v) is 5.88. The molecule has 0 aromatic heterocycles. The standard InChI is InChI=1S/C13H22N2O4S/c1-9(2)15-7-11(5-12(15)16)13(17)14-6-10-3-4-20(18,19)8-10/h9-11H,3-8H2,1-2H3,(H,14,17)/t10-,11+/m0/s1. The summed E-state index contributed by atoms with van der Waals surface area (Å²) in [5, 5.41) is 2.80. The molecule has 114 valence electrons. The first-order valence-corrected chi connectivity index (χ1v) is 8.88. The number of rotatable bonds is 4. The van der Waals surface area contributed by atoms with E-state index < -0.39 is 9.84 Å². The summed E-state index contributed by atoms with van der Waals surface area (Å²) in [5.41, 5.74) is 0. The van der Waals surface area contributed by atoms with Crippen LogP contribution in [0.4, 0.5) is 0 Å². The molecule has 0 bridgehead atoms. The van der Waals surface area contributed by atoms with Crippen LogP contribution in [0, 0.1) is 11.8 Å². The number of carbonyl (C=O) groups is 2. The fourth-order valence-corrected chi connectivity index (χ4v) is 4.69. The van der Waals surface area contributed by atoms with Crippen molar-refractivity contribution in [1.82, 2.24) is 10.2 Å². The number of likely N-dealkylation sites (tertiary alicyclic amines) is 1. The maximum absolute atomic E-state index is 12.0. The van der Waals surface area contributed by atoms with E-state index >= 15 is 0 Å². The Kier molecular flexibility index (Phi) is 4.36. The number of nitrogens with zero attached hydrogens (tertiary/aromatic N) is 1. The molecule has 0 radical (unpaired) electrons. The van der Waals surface area contributed by atoms with Gasteiger partial charge < -0.3 is 10.2 Å². The van der Waals surface area contributed by atoms with E-state index in [9.17, 15) is 18.0 Å². The summed E-state index contributed by atoms with van der Waals surface area (Å²) in [7, 11) is -2.90. The maximum atomic E-state index is 12.0. The summed E-state index contributed by atoms with van der Waals surface area (Å²) >= 11 is 0. The maximum Gasteiger partial charge on any atom is 0.225 e. The first-order chi connectivity index (χ1) is 9.28. The van der Waals surface area contributed by atoms with Crippen LogP contribution in [-0.4, -0.2) is 55.8 Å². The van der Waals surface area contributed by atoms with Crippen molar-refractivity contribution in [2.24, 2.45) is 11.8 Å². The van der Waals surface area contributed by atoms with Crippen LogP contribution in [-0.2, 0) is 19.4 Å². The van der Waals surface area contributed by atoms with Gasteiger partial charge in [-0.3, -0.25) is 9.59 Å². The molecule has 20 heavy (non-hydrogen) atoms. The van der Waals surface area contributed by atoms with Crippen molar-refractivity contribution in [3.63, 3.8) is 0 Å². The van der Waals surface area contributed by atoms with Gasteiger partial charge in [-0.05, 0) is 26.2 Å². The van der Waals surface area contributed by atoms with Crippen LogP contribution in [0.2, 0.25) is 0 Å². The second-order valence-electron chi connectivity index (χ2n) is 6.06. The highest BCUT2D eigenvalue weighted by Gasteiger charge is 2.36. The van der Waals surface area contributed by atoms with Crippen molar-refractivity contribution in [3.05, 3.63) is 0 Å². The molecule has 7 heteroatoms. The number of hydrogen-bond donors (Lipinski definition) is 1. The summed E-state index contributed by atoms with van der Waals surface area (Å²) in [5.74, 6) is -0.0227. The van der Waals surface area contributed by atoms with Gasteiger partial charge in [0.1, 0.15) is 0 Å². The Morgan fingerprint density at radius 1 is 1.45 bits per heavy atom.